The molecule has 140 valence electrons. The maximum Gasteiger partial charge on any atom is 0.259 e. The smallest absolute Gasteiger partial charge is 0.259 e. The van der Waals surface area contributed by atoms with Gasteiger partial charge in [0.05, 0.1) is 12.2 Å². The summed E-state index contributed by atoms with van der Waals surface area (Å²) in [5, 5.41) is 1.74. The summed E-state index contributed by atoms with van der Waals surface area (Å²) in [7, 11) is 0. The number of thioether (sulfide) groups is 1. The predicted molar refractivity (Wildman–Crippen MR) is 120 cm³/mol. The van der Waals surface area contributed by atoms with Gasteiger partial charge >= 0.3 is 0 Å². The van der Waals surface area contributed by atoms with Crippen molar-refractivity contribution in [3.8, 4) is 11.3 Å². The molecule has 0 aliphatic carbocycles. The van der Waals surface area contributed by atoms with E-state index >= 15 is 0 Å². The molecule has 0 N–H and O–H groups in total. The van der Waals surface area contributed by atoms with Crippen LogP contribution in [0.3, 0.4) is 0 Å². The van der Waals surface area contributed by atoms with Crippen LogP contribution in [-0.4, -0.2) is 10.8 Å². The lowest BCUT2D eigenvalue weighted by Crippen LogP contribution is -2.23. The van der Waals surface area contributed by atoms with Crippen LogP contribution in [0.1, 0.15) is 16.7 Å². The minimum absolute atomic E-state index is 0.0574. The highest BCUT2D eigenvalue weighted by Gasteiger charge is 2.12. The normalized spacial score (nSPS) is 11.1. The van der Waals surface area contributed by atoms with E-state index in [4.69, 9.17) is 0 Å². The lowest BCUT2D eigenvalue weighted by molar-refractivity contribution is 0.772. The van der Waals surface area contributed by atoms with E-state index in [1.807, 2.05) is 28.8 Å². The Morgan fingerprint density at radius 2 is 1.64 bits per heavy atom. The third kappa shape index (κ3) is 3.50. The average molecular weight is 386 g/mol. The highest BCUT2D eigenvalue weighted by atomic mass is 32.2. The van der Waals surface area contributed by atoms with Crippen molar-refractivity contribution in [2.45, 2.75) is 25.3 Å². The zero-order chi connectivity index (χ0) is 19.7. The maximum absolute atomic E-state index is 13.4. The Morgan fingerprint density at radius 3 is 2.36 bits per heavy atom. The predicted octanol–water partition coefficient (Wildman–Crippen LogP) is 6.06. The molecule has 4 aromatic rings. The molecule has 0 atom stereocenters. The van der Waals surface area contributed by atoms with Crippen LogP contribution in [-0.2, 0) is 6.54 Å². The van der Waals surface area contributed by atoms with Crippen LogP contribution in [0, 0.1) is 13.8 Å². The van der Waals surface area contributed by atoms with Crippen LogP contribution < -0.4 is 5.56 Å². The SMILES string of the molecule is CSc1ccc(-c2cc3ccccc3c(=O)n2Cc2ccc(C)cc2C)cc1. The number of fused-ring (bicyclic) bond motifs is 1. The van der Waals surface area contributed by atoms with E-state index in [0.717, 1.165) is 22.0 Å². The second-order valence-corrected chi connectivity index (χ2v) is 8.05. The molecular formula is C25H23NOS. The molecule has 0 fully saturated rings. The molecule has 0 saturated heterocycles. The van der Waals surface area contributed by atoms with Crippen LogP contribution in [0.15, 0.2) is 82.5 Å². The van der Waals surface area contributed by atoms with Crippen LogP contribution >= 0.6 is 11.8 Å². The molecule has 0 aliphatic heterocycles. The van der Waals surface area contributed by atoms with E-state index in [1.54, 1.807) is 11.8 Å². The van der Waals surface area contributed by atoms with Gasteiger partial charge in [-0.3, -0.25) is 4.79 Å². The first-order valence-corrected chi connectivity index (χ1v) is 10.6. The van der Waals surface area contributed by atoms with E-state index in [1.165, 1.54) is 21.6 Å². The van der Waals surface area contributed by atoms with Crippen molar-refractivity contribution in [1.29, 1.82) is 0 Å². The Bertz CT molecular complexity index is 1210. The summed E-state index contributed by atoms with van der Waals surface area (Å²) in [6, 6.07) is 24.8. The van der Waals surface area contributed by atoms with Gasteiger partial charge in [-0.15, -0.1) is 11.8 Å². The van der Waals surface area contributed by atoms with E-state index < -0.39 is 0 Å². The number of hydrogen-bond acceptors (Lipinski definition) is 2. The summed E-state index contributed by atoms with van der Waals surface area (Å²) in [5.74, 6) is 0. The molecule has 0 radical (unpaired) electrons. The zero-order valence-electron chi connectivity index (χ0n) is 16.4. The molecule has 28 heavy (non-hydrogen) atoms. The van der Waals surface area contributed by atoms with Crippen molar-refractivity contribution >= 4 is 22.5 Å². The quantitative estimate of drug-likeness (QED) is 0.399. The van der Waals surface area contributed by atoms with E-state index in [2.05, 4.69) is 68.6 Å². The molecule has 3 aromatic carbocycles. The van der Waals surface area contributed by atoms with Gasteiger partial charge in [0.15, 0.2) is 0 Å². The second-order valence-electron chi connectivity index (χ2n) is 7.17. The van der Waals surface area contributed by atoms with Gasteiger partial charge in [0.2, 0.25) is 0 Å². The molecular weight excluding hydrogens is 362 g/mol. The summed E-state index contributed by atoms with van der Waals surface area (Å²) < 4.78 is 1.91. The van der Waals surface area contributed by atoms with Crippen molar-refractivity contribution in [2.24, 2.45) is 0 Å². The fourth-order valence-corrected chi connectivity index (χ4v) is 4.06. The highest BCUT2D eigenvalue weighted by Crippen LogP contribution is 2.26. The number of benzene rings is 3. The maximum atomic E-state index is 13.4. The first kappa shape index (κ1) is 18.6. The van der Waals surface area contributed by atoms with Crippen LogP contribution in [0.5, 0.6) is 0 Å². The Kier molecular flexibility index (Phi) is 5.10. The fourth-order valence-electron chi connectivity index (χ4n) is 3.65. The summed E-state index contributed by atoms with van der Waals surface area (Å²) in [5.41, 5.74) is 5.69. The van der Waals surface area contributed by atoms with Gasteiger partial charge in [0, 0.05) is 10.3 Å². The third-order valence-corrected chi connectivity index (χ3v) is 5.98. The van der Waals surface area contributed by atoms with Gasteiger partial charge < -0.3 is 4.57 Å². The molecule has 0 saturated carbocycles. The molecule has 3 heteroatoms. The minimum atomic E-state index is 0.0574. The Morgan fingerprint density at radius 1 is 0.893 bits per heavy atom. The van der Waals surface area contributed by atoms with Crippen LogP contribution in [0.2, 0.25) is 0 Å². The lowest BCUT2D eigenvalue weighted by Gasteiger charge is -2.17. The van der Waals surface area contributed by atoms with Crippen molar-refractivity contribution in [3.63, 3.8) is 0 Å². The van der Waals surface area contributed by atoms with Gasteiger partial charge in [-0.25, -0.2) is 0 Å². The molecule has 0 spiro atoms. The Hall–Kier alpha value is -2.78. The first-order chi connectivity index (χ1) is 13.6. The third-order valence-electron chi connectivity index (χ3n) is 5.23. The van der Waals surface area contributed by atoms with E-state index in [9.17, 15) is 4.79 Å². The molecule has 2 nitrogen and oxygen atoms in total. The molecule has 4 rings (SSSR count). The standard InChI is InChI=1S/C25H23NOS/c1-17-8-9-21(18(2)14-17)16-26-24(19-10-12-22(28-3)13-11-19)15-20-6-4-5-7-23(20)25(26)27/h4-15H,16H2,1-3H3. The molecule has 1 aromatic heterocycles. The average Bonchev–Trinajstić information content (AvgIpc) is 2.71. The van der Waals surface area contributed by atoms with Gasteiger partial charge in [0.25, 0.3) is 5.56 Å². The van der Waals surface area contributed by atoms with Crippen LogP contribution in [0.4, 0.5) is 0 Å². The largest absolute Gasteiger partial charge is 0.303 e. The number of aryl methyl sites for hydroxylation is 2. The molecule has 0 aliphatic rings. The number of rotatable bonds is 4. The Balaban J connectivity index is 1.93. The summed E-state index contributed by atoms with van der Waals surface area (Å²) >= 11 is 1.72. The number of nitrogens with zero attached hydrogens (tertiary/aromatic N) is 1. The van der Waals surface area contributed by atoms with Crippen LogP contribution in [0.25, 0.3) is 22.0 Å². The lowest BCUT2D eigenvalue weighted by atomic mass is 10.0. The van der Waals surface area contributed by atoms with Crippen molar-refractivity contribution in [3.05, 3.63) is 99.8 Å². The molecule has 0 unspecified atom stereocenters. The minimum Gasteiger partial charge on any atom is -0.303 e. The number of aromatic nitrogens is 1. The van der Waals surface area contributed by atoms with Gasteiger partial charge in [0.1, 0.15) is 0 Å². The van der Waals surface area contributed by atoms with Gasteiger partial charge in [-0.2, -0.15) is 0 Å². The Labute approximate surface area is 169 Å². The van der Waals surface area contributed by atoms with Crippen molar-refractivity contribution in [1.82, 2.24) is 4.57 Å². The summed E-state index contributed by atoms with van der Waals surface area (Å²) in [6.07, 6.45) is 2.07. The van der Waals surface area contributed by atoms with E-state index in [-0.39, 0.29) is 5.56 Å². The number of hydrogen-bond donors (Lipinski definition) is 0. The molecule has 0 bridgehead atoms. The van der Waals surface area contributed by atoms with E-state index in [0.29, 0.717) is 6.54 Å². The topological polar surface area (TPSA) is 22.0 Å². The van der Waals surface area contributed by atoms with Gasteiger partial charge in [-0.1, -0.05) is 54.1 Å². The highest BCUT2D eigenvalue weighted by molar-refractivity contribution is 7.98. The fraction of sp³-hybridized carbons (Fsp3) is 0.160. The van der Waals surface area contributed by atoms with Crippen molar-refractivity contribution in [2.75, 3.05) is 6.26 Å². The first-order valence-electron chi connectivity index (χ1n) is 9.40. The summed E-state index contributed by atoms with van der Waals surface area (Å²) in [4.78, 5) is 14.6. The summed E-state index contributed by atoms with van der Waals surface area (Å²) in [6.45, 7) is 4.77. The van der Waals surface area contributed by atoms with Crippen molar-refractivity contribution < 1.29 is 0 Å². The van der Waals surface area contributed by atoms with Gasteiger partial charge in [-0.05, 0) is 66.4 Å². The monoisotopic (exact) mass is 385 g/mol. The molecule has 0 amide bonds. The number of pyridine rings is 1. The zero-order valence-corrected chi connectivity index (χ0v) is 17.2. The second kappa shape index (κ2) is 7.69. The molecule has 1 heterocycles.